The number of aromatic nitrogens is 1. The summed E-state index contributed by atoms with van der Waals surface area (Å²) in [6, 6.07) is 10.2. The number of benzene rings is 1. The molecular weight excluding hydrogens is 242 g/mol. The van der Waals surface area contributed by atoms with E-state index >= 15 is 0 Å². The van der Waals surface area contributed by atoms with Crippen LogP contribution in [0.25, 0.3) is 30.0 Å². The van der Waals surface area contributed by atoms with Crippen LogP contribution in [0.5, 0.6) is 0 Å². The second-order valence-corrected chi connectivity index (χ2v) is 4.37. The van der Waals surface area contributed by atoms with E-state index in [1.807, 2.05) is 49.4 Å². The maximum absolute atomic E-state index is 3.95. The molecule has 0 aliphatic heterocycles. The fourth-order valence-electron chi connectivity index (χ4n) is 2.50. The van der Waals surface area contributed by atoms with Crippen LogP contribution in [-0.2, 0) is 0 Å². The second kappa shape index (κ2) is 6.07. The predicted molar refractivity (Wildman–Crippen MR) is 90.0 cm³/mol. The highest BCUT2D eigenvalue weighted by atomic mass is 15.0. The molecule has 0 atom stereocenters. The van der Waals surface area contributed by atoms with E-state index in [1.54, 1.807) is 0 Å². The first-order chi connectivity index (χ1) is 9.78. The van der Waals surface area contributed by atoms with Crippen LogP contribution in [0.15, 0.2) is 56.1 Å². The van der Waals surface area contributed by atoms with E-state index in [0.29, 0.717) is 0 Å². The molecule has 20 heavy (non-hydrogen) atoms. The maximum atomic E-state index is 3.95. The van der Waals surface area contributed by atoms with Gasteiger partial charge < -0.3 is 4.57 Å². The molecule has 0 bridgehead atoms. The zero-order chi connectivity index (χ0) is 14.5. The minimum atomic E-state index is 1.05. The Morgan fingerprint density at radius 1 is 1.00 bits per heavy atom. The summed E-state index contributed by atoms with van der Waals surface area (Å²) in [7, 11) is 0. The van der Waals surface area contributed by atoms with Gasteiger partial charge in [-0.15, -0.1) is 0 Å². The van der Waals surface area contributed by atoms with Crippen molar-refractivity contribution < 1.29 is 0 Å². The first kappa shape index (κ1) is 13.9. The van der Waals surface area contributed by atoms with Gasteiger partial charge in [0.15, 0.2) is 0 Å². The van der Waals surface area contributed by atoms with Crippen molar-refractivity contribution in [2.45, 2.75) is 6.92 Å². The summed E-state index contributed by atoms with van der Waals surface area (Å²) >= 11 is 0. The lowest BCUT2D eigenvalue weighted by Gasteiger charge is -2.07. The molecule has 1 aromatic heterocycles. The first-order valence-corrected chi connectivity index (χ1v) is 6.62. The standard InChI is InChI=1S/C19H19N/c1-5-12-19-17(7-3)16(6-2)18(8-4)20(19)15-13-10-9-11-14-15/h5-14H,1-2,4H2,3H3/b17-7-,19-12+. The van der Waals surface area contributed by atoms with Crippen LogP contribution in [0, 0.1) is 0 Å². The van der Waals surface area contributed by atoms with Crippen molar-refractivity contribution in [1.82, 2.24) is 4.57 Å². The normalized spacial score (nSPS) is 12.4. The Labute approximate surface area is 120 Å². The highest BCUT2D eigenvalue weighted by Gasteiger charge is 2.10. The van der Waals surface area contributed by atoms with E-state index in [0.717, 1.165) is 27.5 Å². The van der Waals surface area contributed by atoms with Gasteiger partial charge in [-0.1, -0.05) is 56.2 Å². The molecule has 100 valence electrons. The minimum Gasteiger partial charge on any atom is -0.309 e. The van der Waals surface area contributed by atoms with Gasteiger partial charge in [-0.2, -0.15) is 0 Å². The number of allylic oxidation sites excluding steroid dienone is 1. The van der Waals surface area contributed by atoms with Crippen molar-refractivity contribution in [1.29, 1.82) is 0 Å². The first-order valence-electron chi connectivity index (χ1n) is 6.62. The average Bonchev–Trinajstić information content (AvgIpc) is 2.81. The SMILES string of the molecule is C=C/C=c1\c(=C/C)c(C=C)c(C=C)n1-c1ccccc1. The lowest BCUT2D eigenvalue weighted by Crippen LogP contribution is -2.28. The molecule has 1 aromatic carbocycles. The molecule has 0 fully saturated rings. The van der Waals surface area contributed by atoms with Gasteiger partial charge in [0, 0.05) is 16.5 Å². The summed E-state index contributed by atoms with van der Waals surface area (Å²) in [6.45, 7) is 13.7. The Morgan fingerprint density at radius 3 is 2.20 bits per heavy atom. The van der Waals surface area contributed by atoms with Crippen LogP contribution < -0.4 is 10.6 Å². The summed E-state index contributed by atoms with van der Waals surface area (Å²) < 4.78 is 2.18. The lowest BCUT2D eigenvalue weighted by atomic mass is 10.2. The van der Waals surface area contributed by atoms with Crippen molar-refractivity contribution in [3.8, 4) is 5.69 Å². The number of rotatable bonds is 4. The van der Waals surface area contributed by atoms with Crippen LogP contribution in [0.4, 0.5) is 0 Å². The zero-order valence-electron chi connectivity index (χ0n) is 11.8. The minimum absolute atomic E-state index is 1.05. The molecule has 0 unspecified atom stereocenters. The molecule has 1 heterocycles. The fraction of sp³-hybridized carbons (Fsp3) is 0.0526. The third kappa shape index (κ3) is 2.19. The van der Waals surface area contributed by atoms with Crippen molar-refractivity contribution in [3.63, 3.8) is 0 Å². The second-order valence-electron chi connectivity index (χ2n) is 4.37. The highest BCUT2D eigenvalue weighted by Crippen LogP contribution is 2.13. The molecule has 0 spiro atoms. The summed E-state index contributed by atoms with van der Waals surface area (Å²) in [5.74, 6) is 0. The quantitative estimate of drug-likeness (QED) is 0.793. The molecule has 1 nitrogen and oxygen atoms in total. The Morgan fingerprint density at radius 2 is 1.70 bits per heavy atom. The van der Waals surface area contributed by atoms with E-state index in [1.165, 1.54) is 0 Å². The fourth-order valence-corrected chi connectivity index (χ4v) is 2.50. The van der Waals surface area contributed by atoms with Crippen molar-refractivity contribution in [2.24, 2.45) is 0 Å². The third-order valence-electron chi connectivity index (χ3n) is 3.30. The summed E-state index contributed by atoms with van der Waals surface area (Å²) in [6.07, 6.45) is 9.67. The van der Waals surface area contributed by atoms with Crippen LogP contribution in [0.2, 0.25) is 0 Å². The summed E-state index contributed by atoms with van der Waals surface area (Å²) in [5.41, 5.74) is 3.25. The van der Waals surface area contributed by atoms with Gasteiger partial charge in [-0.05, 0) is 31.2 Å². The molecule has 0 N–H and O–H groups in total. The molecule has 2 aromatic rings. The molecule has 0 radical (unpaired) electrons. The monoisotopic (exact) mass is 261 g/mol. The number of para-hydroxylation sites is 1. The van der Waals surface area contributed by atoms with Crippen LogP contribution in [0.3, 0.4) is 0 Å². The van der Waals surface area contributed by atoms with Gasteiger partial charge >= 0.3 is 0 Å². The number of hydrogen-bond donors (Lipinski definition) is 0. The van der Waals surface area contributed by atoms with Crippen LogP contribution in [0.1, 0.15) is 18.2 Å². The smallest absolute Gasteiger partial charge is 0.0537 e. The van der Waals surface area contributed by atoms with Crippen molar-refractivity contribution in [2.75, 3.05) is 0 Å². The topological polar surface area (TPSA) is 4.93 Å². The van der Waals surface area contributed by atoms with Crippen LogP contribution in [-0.4, -0.2) is 4.57 Å². The van der Waals surface area contributed by atoms with E-state index in [4.69, 9.17) is 0 Å². The van der Waals surface area contributed by atoms with E-state index in [2.05, 4.69) is 42.5 Å². The predicted octanol–water partition coefficient (Wildman–Crippen LogP) is 3.53. The third-order valence-corrected chi connectivity index (χ3v) is 3.30. The molecular formula is C19H19N. The van der Waals surface area contributed by atoms with Gasteiger partial charge in [0.2, 0.25) is 0 Å². The van der Waals surface area contributed by atoms with Gasteiger partial charge in [-0.25, -0.2) is 0 Å². The largest absolute Gasteiger partial charge is 0.309 e. The number of nitrogens with zero attached hydrogens (tertiary/aromatic N) is 1. The summed E-state index contributed by atoms with van der Waals surface area (Å²) in [5, 5.41) is 2.25. The van der Waals surface area contributed by atoms with E-state index in [9.17, 15) is 0 Å². The zero-order valence-corrected chi connectivity index (χ0v) is 11.8. The molecule has 0 aliphatic rings. The molecule has 0 saturated carbocycles. The van der Waals surface area contributed by atoms with Gasteiger partial charge in [0.05, 0.1) is 11.0 Å². The van der Waals surface area contributed by atoms with Crippen molar-refractivity contribution in [3.05, 3.63) is 78.0 Å². The van der Waals surface area contributed by atoms with Gasteiger partial charge in [-0.3, -0.25) is 0 Å². The Balaban J connectivity index is 3.04. The number of hydrogen-bond acceptors (Lipinski definition) is 0. The maximum Gasteiger partial charge on any atom is 0.0537 e. The Kier molecular flexibility index (Phi) is 4.21. The Bertz CT molecular complexity index is 758. The lowest BCUT2D eigenvalue weighted by molar-refractivity contribution is 1.02. The van der Waals surface area contributed by atoms with Gasteiger partial charge in [0.1, 0.15) is 0 Å². The molecule has 0 aliphatic carbocycles. The van der Waals surface area contributed by atoms with Crippen molar-refractivity contribution >= 4 is 24.3 Å². The van der Waals surface area contributed by atoms with E-state index in [-0.39, 0.29) is 0 Å². The molecule has 0 amide bonds. The Hall–Kier alpha value is -2.54. The molecule has 2 rings (SSSR count). The van der Waals surface area contributed by atoms with E-state index < -0.39 is 0 Å². The van der Waals surface area contributed by atoms with Crippen LogP contribution >= 0.6 is 0 Å². The molecule has 1 heteroatoms. The summed E-state index contributed by atoms with van der Waals surface area (Å²) in [4.78, 5) is 0. The van der Waals surface area contributed by atoms with Gasteiger partial charge in [0.25, 0.3) is 0 Å². The molecule has 0 saturated heterocycles. The average molecular weight is 261 g/mol. The highest BCUT2D eigenvalue weighted by molar-refractivity contribution is 5.66.